The molecule has 0 radical (unpaired) electrons. The maximum Gasteiger partial charge on any atom is 0.336 e. The van der Waals surface area contributed by atoms with Crippen molar-refractivity contribution < 1.29 is 33.8 Å². The molecular formula is C59H53IN5O7+. The minimum absolute atomic E-state index is 0.0208. The van der Waals surface area contributed by atoms with Gasteiger partial charge in [0.1, 0.15) is 30.3 Å². The van der Waals surface area contributed by atoms with Crippen molar-refractivity contribution in [2.75, 3.05) is 43.5 Å². The van der Waals surface area contributed by atoms with Crippen LogP contribution < -0.4 is 40.2 Å². The molecule has 1 aromatic heterocycles. The van der Waals surface area contributed by atoms with E-state index >= 15 is 0 Å². The van der Waals surface area contributed by atoms with Crippen LogP contribution in [-0.2, 0) is 43.4 Å². The van der Waals surface area contributed by atoms with Gasteiger partial charge in [0, 0.05) is 97.1 Å². The molecule has 0 atom stereocenters. The summed E-state index contributed by atoms with van der Waals surface area (Å²) in [6.45, 7) is 6.15. The number of aryl methyl sites for hydroxylation is 2. The Labute approximate surface area is 430 Å². The number of aromatic carboxylic acids is 1. The number of carbonyl (C=O) groups excluding carboxylic acids is 3. The number of aromatic nitrogens is 1. The number of hydrogen-bond donors (Lipinski definition) is 3. The van der Waals surface area contributed by atoms with E-state index in [2.05, 4.69) is 54.8 Å². The largest absolute Gasteiger partial charge is 0.497 e. The lowest BCUT2D eigenvalue weighted by Gasteiger charge is -2.39. The summed E-state index contributed by atoms with van der Waals surface area (Å²) >= 11 is 2.21. The molecule has 0 unspecified atom stereocenters. The fraction of sp³-hybridized carbons (Fsp3) is 0.271. The minimum Gasteiger partial charge on any atom is -0.497 e. The predicted molar refractivity (Wildman–Crippen MR) is 286 cm³/mol. The Balaban J connectivity index is 0.806. The first kappa shape index (κ1) is 45.9. The van der Waals surface area contributed by atoms with E-state index in [1.807, 2.05) is 55.5 Å². The van der Waals surface area contributed by atoms with Gasteiger partial charge in [-0.2, -0.15) is 0 Å². The van der Waals surface area contributed by atoms with E-state index in [0.717, 1.165) is 125 Å². The number of carbonyl (C=O) groups is 4. The zero-order chi connectivity index (χ0) is 49.4. The molecule has 0 aliphatic carbocycles. The standard InChI is InChI=1S/C59H52IN5O7/c1-33-45(46-30-41(71-2)20-22-50(46)65(33)58(68)35-13-16-39(60)17-14-35)31-51(66)62-40-18-11-34(12-19-40)32-61-57(67)38-15-21-42(47(29-38)59(69)70)52-48-27-36-7-3-23-63-25-5-9-43(53(36)63)55(48)72-56-44-10-6-26-64-24-4-8-37(54(44)64)28-49(52)56/h11-22,27-30H,3-10,23-26,31-32H2,1-2H3,(H2-,61,62,66,67,69,70)/p+1. The molecule has 3 N–H and O–H groups in total. The highest BCUT2D eigenvalue weighted by atomic mass is 127. The van der Waals surface area contributed by atoms with Crippen molar-refractivity contribution in [3.63, 3.8) is 0 Å². The van der Waals surface area contributed by atoms with Gasteiger partial charge in [0.15, 0.2) is 0 Å². The summed E-state index contributed by atoms with van der Waals surface area (Å²) in [5.74, 6) is 0.371. The molecule has 12 rings (SSSR count). The Morgan fingerprint density at radius 1 is 0.778 bits per heavy atom. The summed E-state index contributed by atoms with van der Waals surface area (Å²) in [6, 6.07) is 29.7. The van der Waals surface area contributed by atoms with Gasteiger partial charge in [-0.15, -0.1) is 0 Å². The van der Waals surface area contributed by atoms with Crippen LogP contribution in [0.1, 0.15) is 107 Å². The Kier molecular flexibility index (Phi) is 11.7. The summed E-state index contributed by atoms with van der Waals surface area (Å²) < 4.78 is 17.9. The number of carboxylic acid groups (broad SMARTS) is 1. The predicted octanol–water partition coefficient (Wildman–Crippen LogP) is 8.50. The summed E-state index contributed by atoms with van der Waals surface area (Å²) in [6.07, 6.45) is 7.96. The number of halogens is 1. The first-order valence-electron chi connectivity index (χ1n) is 25.0. The average molecular weight is 1070 g/mol. The van der Waals surface area contributed by atoms with Crippen molar-refractivity contribution in [3.05, 3.63) is 178 Å². The number of benzene rings is 6. The van der Waals surface area contributed by atoms with Crippen molar-refractivity contribution in [3.8, 4) is 17.2 Å². The number of anilines is 2. The number of ether oxygens (including phenoxy) is 2. The van der Waals surface area contributed by atoms with Crippen molar-refractivity contribution in [1.82, 2.24) is 14.5 Å². The van der Waals surface area contributed by atoms with Crippen LogP contribution in [0.25, 0.3) is 16.5 Å². The molecule has 0 fully saturated rings. The molecule has 72 heavy (non-hydrogen) atoms. The lowest BCUT2D eigenvalue weighted by atomic mass is 9.81. The molecule has 0 saturated heterocycles. The van der Waals surface area contributed by atoms with Crippen molar-refractivity contribution in [1.29, 1.82) is 0 Å². The number of carboxylic acids is 1. The second-order valence-electron chi connectivity index (χ2n) is 19.6. The third kappa shape index (κ3) is 7.92. The van der Waals surface area contributed by atoms with Gasteiger partial charge in [0.05, 0.1) is 30.2 Å². The SMILES string of the molecule is COc1ccc2c(c1)c(CC(=O)Nc1ccc(CNC(=O)c3ccc(C4=c5cc6c7c(c5Oc5c4cc4c8c5CCCN8CCC4)CCC[N+]=7CCC6)c(C(=O)O)c3)cc1)c(C)n2C(=O)c1ccc(I)cc1. The molecule has 2 amide bonds. The van der Waals surface area contributed by atoms with E-state index < -0.39 is 11.9 Å². The van der Waals surface area contributed by atoms with Gasteiger partial charge >= 0.3 is 5.97 Å². The molecule has 13 heteroatoms. The summed E-state index contributed by atoms with van der Waals surface area (Å²) in [5, 5.41) is 19.9. The Hall–Kier alpha value is -7.26. The van der Waals surface area contributed by atoms with Gasteiger partial charge < -0.3 is 30.1 Å². The van der Waals surface area contributed by atoms with E-state index in [4.69, 9.17) is 9.47 Å². The number of amides is 2. The Morgan fingerprint density at radius 2 is 1.51 bits per heavy atom. The number of rotatable bonds is 10. The second-order valence-corrected chi connectivity index (χ2v) is 20.9. The fourth-order valence-electron chi connectivity index (χ4n) is 12.0. The number of hydrogen-bond acceptors (Lipinski definition) is 7. The van der Waals surface area contributed by atoms with Crippen molar-refractivity contribution in [2.45, 2.75) is 71.3 Å². The topological polar surface area (TPSA) is 142 Å². The molecule has 5 aliphatic heterocycles. The van der Waals surface area contributed by atoms with E-state index in [1.54, 1.807) is 42.0 Å². The van der Waals surface area contributed by atoms with Crippen LogP contribution in [0.5, 0.6) is 17.2 Å². The highest BCUT2D eigenvalue weighted by Gasteiger charge is 2.37. The van der Waals surface area contributed by atoms with Gasteiger partial charge in [-0.1, -0.05) is 18.2 Å². The Bertz CT molecular complexity index is 3610. The first-order valence-corrected chi connectivity index (χ1v) is 26.1. The Morgan fingerprint density at radius 3 is 2.29 bits per heavy atom. The van der Waals surface area contributed by atoms with Crippen LogP contribution in [0, 0.1) is 10.5 Å². The number of nitrogens with one attached hydrogen (secondary N) is 2. The number of nitrogens with zero attached hydrogens (tertiary/aromatic N) is 3. The fourth-order valence-corrected chi connectivity index (χ4v) is 12.4. The van der Waals surface area contributed by atoms with Crippen LogP contribution in [0.15, 0.2) is 97.1 Å². The molecule has 6 aromatic carbocycles. The third-order valence-electron chi connectivity index (χ3n) is 15.3. The monoisotopic (exact) mass is 1070 g/mol. The molecule has 12 nitrogen and oxygen atoms in total. The lowest BCUT2D eigenvalue weighted by molar-refractivity contribution is -0.115. The third-order valence-corrected chi connectivity index (χ3v) is 16.1. The zero-order valence-electron chi connectivity index (χ0n) is 40.3. The van der Waals surface area contributed by atoms with E-state index in [9.17, 15) is 24.3 Å². The quantitative estimate of drug-likeness (QED) is 0.0916. The van der Waals surface area contributed by atoms with Gasteiger partial charge in [0.2, 0.25) is 11.3 Å². The molecule has 7 aromatic rings. The second kappa shape index (κ2) is 18.4. The van der Waals surface area contributed by atoms with Crippen molar-refractivity contribution in [2.24, 2.45) is 0 Å². The van der Waals surface area contributed by atoms with Crippen LogP contribution in [0.3, 0.4) is 0 Å². The smallest absolute Gasteiger partial charge is 0.336 e. The molecule has 0 spiro atoms. The molecule has 6 heterocycles. The number of methoxy groups -OCH3 is 1. The summed E-state index contributed by atoms with van der Waals surface area (Å²) in [7, 11) is 1.58. The van der Waals surface area contributed by atoms with E-state index in [1.165, 1.54) is 39.4 Å². The molecular weight excluding hydrogens is 1020 g/mol. The van der Waals surface area contributed by atoms with E-state index in [-0.39, 0.29) is 35.9 Å². The number of fused-ring (bicyclic) bond motifs is 5. The highest BCUT2D eigenvalue weighted by Crippen LogP contribution is 2.49. The lowest BCUT2D eigenvalue weighted by Crippen LogP contribution is -2.45. The molecule has 5 aliphatic rings. The normalized spacial score (nSPS) is 15.2. The van der Waals surface area contributed by atoms with Gasteiger partial charge in [-0.3, -0.25) is 19.0 Å². The van der Waals surface area contributed by atoms with Gasteiger partial charge in [-0.05, 0) is 169 Å². The molecule has 0 bridgehead atoms. The zero-order valence-corrected chi connectivity index (χ0v) is 42.4. The highest BCUT2D eigenvalue weighted by molar-refractivity contribution is 14.1. The summed E-state index contributed by atoms with van der Waals surface area (Å²) in [5.41, 5.74) is 13.0. The van der Waals surface area contributed by atoms with E-state index in [0.29, 0.717) is 33.8 Å². The van der Waals surface area contributed by atoms with Crippen LogP contribution in [0.4, 0.5) is 11.4 Å². The van der Waals surface area contributed by atoms with Crippen LogP contribution in [0.2, 0.25) is 0 Å². The van der Waals surface area contributed by atoms with Crippen LogP contribution in [-0.4, -0.2) is 66.7 Å². The molecule has 0 saturated carbocycles. The van der Waals surface area contributed by atoms with Crippen LogP contribution >= 0.6 is 22.6 Å². The van der Waals surface area contributed by atoms with Gasteiger partial charge in [-0.25, -0.2) is 9.37 Å². The maximum absolute atomic E-state index is 13.9. The average Bonchev–Trinajstić information content (AvgIpc) is 3.66. The van der Waals surface area contributed by atoms with Crippen molar-refractivity contribution >= 4 is 74.1 Å². The minimum atomic E-state index is -1.11. The molecule has 362 valence electrons. The maximum atomic E-state index is 13.9. The summed E-state index contributed by atoms with van der Waals surface area (Å²) in [4.78, 5) is 57.3. The first-order chi connectivity index (χ1) is 35.0. The van der Waals surface area contributed by atoms with Gasteiger partial charge in [0.25, 0.3) is 11.8 Å².